The van der Waals surface area contributed by atoms with Gasteiger partial charge in [-0.1, -0.05) is 5.21 Å². The van der Waals surface area contributed by atoms with Crippen LogP contribution in [-0.2, 0) is 30.4 Å². The molecule has 13 heteroatoms. The van der Waals surface area contributed by atoms with Gasteiger partial charge in [0, 0.05) is 13.0 Å². The van der Waals surface area contributed by atoms with E-state index in [4.69, 9.17) is 8.92 Å². The largest absolute Gasteiger partial charge is 0.463 e. The topological polar surface area (TPSA) is 148 Å². The van der Waals surface area contributed by atoms with Crippen LogP contribution in [0.15, 0.2) is 24.5 Å². The van der Waals surface area contributed by atoms with Crippen molar-refractivity contribution in [2.75, 3.05) is 19.5 Å². The highest BCUT2D eigenvalue weighted by atomic mass is 32.2. The minimum atomic E-state index is -3.70. The van der Waals surface area contributed by atoms with E-state index in [1.165, 1.54) is 40.7 Å². The Labute approximate surface area is 148 Å². The molecule has 0 amide bonds. The van der Waals surface area contributed by atoms with Crippen molar-refractivity contribution < 1.29 is 27.1 Å². The smallest absolute Gasteiger partial charge is 0.323 e. The molecule has 142 valence electrons. The van der Waals surface area contributed by atoms with E-state index in [1.54, 1.807) is 0 Å². The first-order valence-corrected chi connectivity index (χ1v) is 9.15. The number of carbonyl (C=O) groups is 1. The summed E-state index contributed by atoms with van der Waals surface area (Å²) in [4.78, 5) is 21.4. The lowest BCUT2D eigenvalue weighted by atomic mass is 10.3. The molecule has 0 aromatic carbocycles. The first-order valence-electron chi connectivity index (χ1n) is 7.33. The minimum absolute atomic E-state index is 0.0938. The van der Waals surface area contributed by atoms with Crippen molar-refractivity contribution in [2.24, 2.45) is 0 Å². The number of nitro groups is 1. The van der Waals surface area contributed by atoms with Crippen LogP contribution in [0.5, 0.6) is 0 Å². The van der Waals surface area contributed by atoms with Crippen molar-refractivity contribution in [3.63, 3.8) is 0 Å². The normalized spacial score (nSPS) is 12.7. The van der Waals surface area contributed by atoms with E-state index in [2.05, 4.69) is 10.3 Å². The molecule has 0 bridgehead atoms. The molecule has 2 heterocycles. The third kappa shape index (κ3) is 5.63. The maximum atomic E-state index is 11.2. The Morgan fingerprint density at radius 3 is 2.77 bits per heavy atom. The van der Waals surface area contributed by atoms with Gasteiger partial charge in [0.05, 0.1) is 25.3 Å². The number of esters is 1. The number of hydrogen-bond acceptors (Lipinski definition) is 9. The molecule has 2 aromatic heterocycles. The molecule has 0 spiro atoms. The monoisotopic (exact) mass is 387 g/mol. The van der Waals surface area contributed by atoms with E-state index in [0.29, 0.717) is 5.69 Å². The summed E-state index contributed by atoms with van der Waals surface area (Å²) >= 11 is 0. The second-order valence-electron chi connectivity index (χ2n) is 5.39. The molecular weight excluding hydrogens is 370 g/mol. The van der Waals surface area contributed by atoms with Gasteiger partial charge in [0.1, 0.15) is 24.9 Å². The number of nitrogens with zero attached hydrogens (tertiary/aromatic N) is 5. The van der Waals surface area contributed by atoms with Crippen molar-refractivity contribution in [1.82, 2.24) is 19.6 Å². The molecule has 0 N–H and O–H groups in total. The molecular formula is C13H17N5O7S. The maximum absolute atomic E-state index is 11.2. The predicted octanol–water partition coefficient (Wildman–Crippen LogP) is 0.116. The van der Waals surface area contributed by atoms with E-state index in [1.807, 2.05) is 0 Å². The summed E-state index contributed by atoms with van der Waals surface area (Å²) in [5.41, 5.74) is 0.400. The first-order chi connectivity index (χ1) is 12.2. The van der Waals surface area contributed by atoms with Gasteiger partial charge in [0.15, 0.2) is 0 Å². The molecule has 1 atom stereocenters. The quantitative estimate of drug-likeness (QED) is 0.253. The van der Waals surface area contributed by atoms with E-state index < -0.39 is 27.1 Å². The van der Waals surface area contributed by atoms with Gasteiger partial charge in [-0.05, 0) is 11.0 Å². The van der Waals surface area contributed by atoms with Crippen LogP contribution in [0.1, 0.15) is 18.7 Å². The molecule has 2 rings (SSSR count). The van der Waals surface area contributed by atoms with Gasteiger partial charge in [-0.25, -0.2) is 9.25 Å². The van der Waals surface area contributed by atoms with Crippen LogP contribution in [0.2, 0.25) is 0 Å². The molecule has 1 unspecified atom stereocenters. The molecule has 12 nitrogen and oxygen atoms in total. The highest BCUT2D eigenvalue weighted by molar-refractivity contribution is 7.85. The third-order valence-corrected chi connectivity index (χ3v) is 3.77. The minimum Gasteiger partial charge on any atom is -0.463 e. The zero-order valence-electron chi connectivity index (χ0n) is 14.0. The van der Waals surface area contributed by atoms with Crippen LogP contribution in [0.4, 0.5) is 5.82 Å². The highest BCUT2D eigenvalue weighted by Gasteiger charge is 2.20. The fourth-order valence-electron chi connectivity index (χ4n) is 2.06. The summed E-state index contributed by atoms with van der Waals surface area (Å²) in [5.74, 6) is -0.644. The summed E-state index contributed by atoms with van der Waals surface area (Å²) < 4.78 is 34.7. The molecule has 2 aromatic rings. The zero-order valence-corrected chi connectivity index (χ0v) is 14.8. The molecule has 0 saturated carbocycles. The van der Waals surface area contributed by atoms with Crippen LogP contribution >= 0.6 is 0 Å². The molecule has 0 aliphatic heterocycles. The fourth-order valence-corrected chi connectivity index (χ4v) is 2.46. The Morgan fingerprint density at radius 2 is 2.15 bits per heavy atom. The number of hydrogen-bond donors (Lipinski definition) is 0. The first kappa shape index (κ1) is 19.5. The third-order valence-electron chi connectivity index (χ3n) is 3.21. The SMILES string of the molecule is CC(=O)OCC(COS(C)(=O)=O)n1cc(Cn2cccc2[N+](=O)[O-])nn1. The highest BCUT2D eigenvalue weighted by Crippen LogP contribution is 2.15. The van der Waals surface area contributed by atoms with Crippen molar-refractivity contribution in [1.29, 1.82) is 0 Å². The van der Waals surface area contributed by atoms with E-state index in [9.17, 15) is 23.3 Å². The molecule has 0 fully saturated rings. The number of aromatic nitrogens is 4. The lowest BCUT2D eigenvalue weighted by molar-refractivity contribution is -0.391. The van der Waals surface area contributed by atoms with Gasteiger partial charge in [-0.15, -0.1) is 5.10 Å². The van der Waals surface area contributed by atoms with Crippen molar-refractivity contribution >= 4 is 21.9 Å². The molecule has 0 aliphatic carbocycles. The van der Waals surface area contributed by atoms with Crippen molar-refractivity contribution in [2.45, 2.75) is 19.5 Å². The van der Waals surface area contributed by atoms with Gasteiger partial charge in [-0.3, -0.25) is 8.98 Å². The van der Waals surface area contributed by atoms with Gasteiger partial charge < -0.3 is 14.9 Å². The van der Waals surface area contributed by atoms with Crippen molar-refractivity contribution in [3.8, 4) is 0 Å². The van der Waals surface area contributed by atoms with Crippen LogP contribution in [0, 0.1) is 10.1 Å². The van der Waals surface area contributed by atoms with E-state index >= 15 is 0 Å². The lowest BCUT2D eigenvalue weighted by Gasteiger charge is -2.15. The van der Waals surface area contributed by atoms with Crippen molar-refractivity contribution in [3.05, 3.63) is 40.3 Å². The summed E-state index contributed by atoms with van der Waals surface area (Å²) in [6, 6.07) is 2.16. The Kier molecular flexibility index (Phi) is 6.05. The maximum Gasteiger partial charge on any atom is 0.323 e. The van der Waals surface area contributed by atoms with Gasteiger partial charge in [-0.2, -0.15) is 8.42 Å². The van der Waals surface area contributed by atoms with Crippen LogP contribution in [-0.4, -0.2) is 58.3 Å². The van der Waals surface area contributed by atoms with E-state index in [-0.39, 0.29) is 25.6 Å². The number of carbonyl (C=O) groups excluding carboxylic acids is 1. The van der Waals surface area contributed by atoms with E-state index in [0.717, 1.165) is 6.26 Å². The summed E-state index contributed by atoms with van der Waals surface area (Å²) in [6.07, 6.45) is 3.90. The van der Waals surface area contributed by atoms with Gasteiger partial charge >= 0.3 is 11.8 Å². The second kappa shape index (κ2) is 8.05. The second-order valence-corrected chi connectivity index (χ2v) is 7.03. The molecule has 26 heavy (non-hydrogen) atoms. The number of ether oxygens (including phenoxy) is 1. The number of rotatable bonds is 9. The van der Waals surface area contributed by atoms with Gasteiger partial charge in [0.25, 0.3) is 10.1 Å². The fraction of sp³-hybridized carbons (Fsp3) is 0.462. The summed E-state index contributed by atoms with van der Waals surface area (Å²) in [5, 5.41) is 18.7. The Balaban J connectivity index is 2.14. The standard InChI is InChI=1S/C13H17N5O7S/c1-10(19)24-8-12(9-25-26(2,22)23)17-7-11(14-15-17)6-16-5-3-4-13(16)18(20)21/h3-5,7,12H,6,8-9H2,1-2H3. The Hall–Kier alpha value is -2.80. The van der Waals surface area contributed by atoms with Crippen LogP contribution in [0.3, 0.4) is 0 Å². The average Bonchev–Trinajstić information content (AvgIpc) is 3.16. The molecule has 0 radical (unpaired) electrons. The summed E-state index contributed by atoms with van der Waals surface area (Å²) in [7, 11) is -3.70. The lowest BCUT2D eigenvalue weighted by Crippen LogP contribution is -2.24. The molecule has 0 aliphatic rings. The summed E-state index contributed by atoms with van der Waals surface area (Å²) in [6.45, 7) is 0.832. The van der Waals surface area contributed by atoms with Crippen LogP contribution in [0.25, 0.3) is 0 Å². The predicted molar refractivity (Wildman–Crippen MR) is 86.7 cm³/mol. The Bertz CT molecular complexity index is 888. The average molecular weight is 387 g/mol. The zero-order chi connectivity index (χ0) is 19.3. The molecule has 0 saturated heterocycles. The van der Waals surface area contributed by atoms with Crippen LogP contribution < -0.4 is 0 Å². The Morgan fingerprint density at radius 1 is 1.42 bits per heavy atom. The van der Waals surface area contributed by atoms with Gasteiger partial charge in [0.2, 0.25) is 0 Å².